The number of hydrogen-bond acceptors (Lipinski definition) is 2. The van der Waals surface area contributed by atoms with Gasteiger partial charge in [0, 0.05) is 18.3 Å². The number of nitrogens with one attached hydrogen (secondary N) is 1. The van der Waals surface area contributed by atoms with Gasteiger partial charge in [-0.25, -0.2) is 0 Å². The molecule has 2 rings (SSSR count). The highest BCUT2D eigenvalue weighted by atomic mass is 16.2. The maximum atomic E-state index is 12.0. The van der Waals surface area contributed by atoms with Crippen LogP contribution >= 0.6 is 0 Å². The van der Waals surface area contributed by atoms with Crippen molar-refractivity contribution in [3.05, 3.63) is 34.7 Å². The van der Waals surface area contributed by atoms with Crippen molar-refractivity contribution < 1.29 is 4.79 Å². The number of pyridine rings is 1. The van der Waals surface area contributed by atoms with E-state index in [0.717, 1.165) is 6.42 Å². The molecule has 0 saturated heterocycles. The van der Waals surface area contributed by atoms with Crippen molar-refractivity contribution in [3.8, 4) is 0 Å². The monoisotopic (exact) mass is 262 g/mol. The Morgan fingerprint density at radius 1 is 1.37 bits per heavy atom. The largest absolute Gasteiger partial charge is 0.352 e. The fraction of sp³-hybridized carbons (Fsp3) is 0.600. The van der Waals surface area contributed by atoms with Crippen molar-refractivity contribution >= 4 is 5.91 Å². The van der Waals surface area contributed by atoms with Crippen LogP contribution in [0.15, 0.2) is 29.2 Å². The van der Waals surface area contributed by atoms with Crippen LogP contribution in [0.1, 0.15) is 33.1 Å². The van der Waals surface area contributed by atoms with E-state index in [1.807, 2.05) is 0 Å². The normalized spacial score (nSPS) is 26.9. The molecule has 19 heavy (non-hydrogen) atoms. The zero-order valence-corrected chi connectivity index (χ0v) is 11.6. The number of aromatic nitrogens is 1. The van der Waals surface area contributed by atoms with Gasteiger partial charge in [-0.1, -0.05) is 32.8 Å². The molecule has 4 heteroatoms. The van der Waals surface area contributed by atoms with Crippen molar-refractivity contribution in [1.29, 1.82) is 0 Å². The number of carbonyl (C=O) groups excluding carboxylic acids is 1. The average Bonchev–Trinajstić information content (AvgIpc) is 2.38. The van der Waals surface area contributed by atoms with Gasteiger partial charge in [-0.15, -0.1) is 0 Å². The third-order valence-electron chi connectivity index (χ3n) is 4.27. The second-order valence-electron chi connectivity index (χ2n) is 5.61. The van der Waals surface area contributed by atoms with E-state index in [1.54, 1.807) is 18.3 Å². The fourth-order valence-corrected chi connectivity index (χ4v) is 2.78. The Balaban J connectivity index is 1.94. The second-order valence-corrected chi connectivity index (χ2v) is 5.61. The first-order valence-corrected chi connectivity index (χ1v) is 7.03. The van der Waals surface area contributed by atoms with Gasteiger partial charge >= 0.3 is 0 Å². The zero-order chi connectivity index (χ0) is 13.8. The summed E-state index contributed by atoms with van der Waals surface area (Å²) in [6.45, 7) is 4.55. The Labute approximate surface area is 113 Å². The molecule has 1 N–H and O–H groups in total. The van der Waals surface area contributed by atoms with E-state index >= 15 is 0 Å². The van der Waals surface area contributed by atoms with E-state index in [9.17, 15) is 9.59 Å². The van der Waals surface area contributed by atoms with Gasteiger partial charge in [-0.3, -0.25) is 9.59 Å². The molecule has 0 bridgehead atoms. The minimum absolute atomic E-state index is 0.0701. The van der Waals surface area contributed by atoms with Crippen molar-refractivity contribution in [2.75, 3.05) is 0 Å². The Morgan fingerprint density at radius 3 is 2.89 bits per heavy atom. The van der Waals surface area contributed by atoms with Crippen LogP contribution in [-0.2, 0) is 11.3 Å². The molecule has 1 heterocycles. The summed E-state index contributed by atoms with van der Waals surface area (Å²) in [6.07, 6.45) is 5.10. The van der Waals surface area contributed by atoms with E-state index in [4.69, 9.17) is 0 Å². The van der Waals surface area contributed by atoms with Crippen LogP contribution in [0.5, 0.6) is 0 Å². The Bertz CT molecular complexity index is 495. The minimum Gasteiger partial charge on any atom is -0.352 e. The van der Waals surface area contributed by atoms with Crippen LogP contribution in [0.3, 0.4) is 0 Å². The van der Waals surface area contributed by atoms with Crippen LogP contribution in [-0.4, -0.2) is 16.5 Å². The second kappa shape index (κ2) is 6.04. The lowest BCUT2D eigenvalue weighted by Gasteiger charge is -2.34. The lowest BCUT2D eigenvalue weighted by Crippen LogP contribution is -2.45. The van der Waals surface area contributed by atoms with Crippen LogP contribution < -0.4 is 10.9 Å². The van der Waals surface area contributed by atoms with Crippen LogP contribution in [0, 0.1) is 11.8 Å². The molecular formula is C15H22N2O2. The highest BCUT2D eigenvalue weighted by Crippen LogP contribution is 2.29. The third kappa shape index (κ3) is 3.46. The fourth-order valence-electron chi connectivity index (χ4n) is 2.78. The highest BCUT2D eigenvalue weighted by molar-refractivity contribution is 5.76. The number of amides is 1. The molecule has 0 aliphatic heterocycles. The maximum Gasteiger partial charge on any atom is 0.250 e. The summed E-state index contributed by atoms with van der Waals surface area (Å²) in [5.74, 6) is 1.09. The molecule has 1 aliphatic rings. The smallest absolute Gasteiger partial charge is 0.250 e. The number of hydrogen-bond donors (Lipinski definition) is 1. The summed E-state index contributed by atoms with van der Waals surface area (Å²) in [5, 5.41) is 3.08. The van der Waals surface area contributed by atoms with E-state index < -0.39 is 0 Å². The Kier molecular flexibility index (Phi) is 4.40. The lowest BCUT2D eigenvalue weighted by atomic mass is 9.78. The molecule has 1 amide bonds. The van der Waals surface area contributed by atoms with E-state index in [0.29, 0.717) is 11.8 Å². The Hall–Kier alpha value is -1.58. The summed E-state index contributed by atoms with van der Waals surface area (Å²) in [7, 11) is 0. The molecule has 1 fully saturated rings. The molecule has 0 radical (unpaired) electrons. The van der Waals surface area contributed by atoms with Gasteiger partial charge in [-0.2, -0.15) is 0 Å². The van der Waals surface area contributed by atoms with Crippen molar-refractivity contribution in [1.82, 2.24) is 9.88 Å². The summed E-state index contributed by atoms with van der Waals surface area (Å²) in [5.41, 5.74) is -0.136. The van der Waals surface area contributed by atoms with E-state index in [2.05, 4.69) is 19.2 Å². The minimum atomic E-state index is -0.136. The predicted molar refractivity (Wildman–Crippen MR) is 74.8 cm³/mol. The molecule has 1 aromatic heterocycles. The maximum absolute atomic E-state index is 12.0. The molecule has 3 unspecified atom stereocenters. The number of rotatable bonds is 3. The standard InChI is InChI=1S/C15H22N2O2/c1-11-6-5-7-13(12(11)2)16-14(18)10-17-9-4-3-8-15(17)19/h3-4,8-9,11-13H,5-7,10H2,1-2H3,(H,16,18). The summed E-state index contributed by atoms with van der Waals surface area (Å²) in [6, 6.07) is 5.16. The number of nitrogens with zero attached hydrogens (tertiary/aromatic N) is 1. The quantitative estimate of drug-likeness (QED) is 0.903. The van der Waals surface area contributed by atoms with Crippen molar-refractivity contribution in [3.63, 3.8) is 0 Å². The van der Waals surface area contributed by atoms with Gasteiger partial charge in [0.15, 0.2) is 0 Å². The topological polar surface area (TPSA) is 51.1 Å². The predicted octanol–water partition coefficient (Wildman–Crippen LogP) is 1.79. The third-order valence-corrected chi connectivity index (χ3v) is 4.27. The lowest BCUT2D eigenvalue weighted by molar-refractivity contribution is -0.123. The van der Waals surface area contributed by atoms with E-state index in [-0.39, 0.29) is 24.1 Å². The van der Waals surface area contributed by atoms with Crippen LogP contribution in [0.2, 0.25) is 0 Å². The van der Waals surface area contributed by atoms with Crippen molar-refractivity contribution in [2.24, 2.45) is 11.8 Å². The first kappa shape index (κ1) is 13.8. The average molecular weight is 262 g/mol. The van der Waals surface area contributed by atoms with Gasteiger partial charge in [0.1, 0.15) is 6.54 Å². The summed E-state index contributed by atoms with van der Waals surface area (Å²) >= 11 is 0. The first-order chi connectivity index (χ1) is 9.08. The molecular weight excluding hydrogens is 240 g/mol. The van der Waals surface area contributed by atoms with Gasteiger partial charge in [-0.05, 0) is 24.3 Å². The SMILES string of the molecule is CC1CCCC(NC(=O)Cn2ccccc2=O)C1C. The van der Waals surface area contributed by atoms with Crippen LogP contribution in [0.25, 0.3) is 0 Å². The molecule has 1 aliphatic carbocycles. The molecule has 1 saturated carbocycles. The number of carbonyl (C=O) groups is 1. The van der Waals surface area contributed by atoms with Crippen LogP contribution in [0.4, 0.5) is 0 Å². The van der Waals surface area contributed by atoms with Gasteiger partial charge in [0.05, 0.1) is 0 Å². The zero-order valence-electron chi connectivity index (χ0n) is 11.6. The molecule has 3 atom stereocenters. The summed E-state index contributed by atoms with van der Waals surface area (Å²) < 4.78 is 1.44. The summed E-state index contributed by atoms with van der Waals surface area (Å²) in [4.78, 5) is 23.6. The molecule has 0 spiro atoms. The molecule has 1 aromatic rings. The first-order valence-electron chi connectivity index (χ1n) is 7.03. The molecule has 0 aromatic carbocycles. The Morgan fingerprint density at radius 2 is 2.16 bits per heavy atom. The van der Waals surface area contributed by atoms with Gasteiger partial charge in [0.2, 0.25) is 5.91 Å². The van der Waals surface area contributed by atoms with Gasteiger partial charge in [0.25, 0.3) is 5.56 Å². The highest BCUT2D eigenvalue weighted by Gasteiger charge is 2.27. The van der Waals surface area contributed by atoms with E-state index in [1.165, 1.54) is 23.5 Å². The molecule has 4 nitrogen and oxygen atoms in total. The molecule has 104 valence electrons. The van der Waals surface area contributed by atoms with Crippen molar-refractivity contribution in [2.45, 2.75) is 45.7 Å². The van der Waals surface area contributed by atoms with Gasteiger partial charge < -0.3 is 9.88 Å².